The molecule has 0 saturated heterocycles. The standard InChI is InChI=1S/C15H15N3O4S2/c1-8(24-15-18-17-13(22-15)7-23-2)14(20)9-3-4-11-10(5-9)16-12(19)6-21-11/h3-5,8H,6-7H2,1-2H3,(H,16,19). The largest absolute Gasteiger partial charge is 0.482 e. The van der Waals surface area contributed by atoms with Crippen molar-refractivity contribution in [1.82, 2.24) is 10.2 Å². The Kier molecular flexibility index (Phi) is 5.10. The Morgan fingerprint density at radius 3 is 3.04 bits per heavy atom. The molecule has 1 atom stereocenters. The van der Waals surface area contributed by atoms with Gasteiger partial charge in [0.25, 0.3) is 11.1 Å². The van der Waals surface area contributed by atoms with Crippen LogP contribution in [0, 0.1) is 0 Å². The van der Waals surface area contributed by atoms with Crippen molar-refractivity contribution >= 4 is 40.9 Å². The van der Waals surface area contributed by atoms with Crippen LogP contribution in [-0.4, -0.2) is 40.0 Å². The minimum Gasteiger partial charge on any atom is -0.482 e. The molecular weight excluding hydrogens is 350 g/mol. The number of aromatic nitrogens is 2. The van der Waals surface area contributed by atoms with Crippen LogP contribution in [0.1, 0.15) is 23.2 Å². The smallest absolute Gasteiger partial charge is 0.277 e. The summed E-state index contributed by atoms with van der Waals surface area (Å²) in [5.74, 6) is 1.41. The second-order valence-electron chi connectivity index (χ2n) is 5.07. The van der Waals surface area contributed by atoms with Crippen LogP contribution in [0.2, 0.25) is 0 Å². The third-order valence-corrected chi connectivity index (χ3v) is 4.73. The first-order valence-electron chi connectivity index (χ1n) is 7.15. The Morgan fingerprint density at radius 1 is 1.42 bits per heavy atom. The topological polar surface area (TPSA) is 94.3 Å². The molecule has 9 heteroatoms. The van der Waals surface area contributed by atoms with E-state index in [2.05, 4.69) is 15.5 Å². The lowest BCUT2D eigenvalue weighted by molar-refractivity contribution is -0.118. The fourth-order valence-corrected chi connectivity index (χ4v) is 3.28. The molecule has 126 valence electrons. The number of fused-ring (bicyclic) bond motifs is 1. The van der Waals surface area contributed by atoms with Crippen molar-refractivity contribution in [3.05, 3.63) is 29.7 Å². The number of nitrogens with one attached hydrogen (secondary N) is 1. The van der Waals surface area contributed by atoms with Crippen LogP contribution < -0.4 is 10.1 Å². The first-order chi connectivity index (χ1) is 11.6. The highest BCUT2D eigenvalue weighted by molar-refractivity contribution is 8.00. The number of Topliss-reactive ketones (excluding diaryl/α,β-unsaturated/α-hetero) is 1. The molecular formula is C15H15N3O4S2. The van der Waals surface area contributed by atoms with E-state index in [-0.39, 0.29) is 18.3 Å². The summed E-state index contributed by atoms with van der Waals surface area (Å²) in [5, 5.41) is 10.5. The van der Waals surface area contributed by atoms with Gasteiger partial charge in [0, 0.05) is 5.56 Å². The normalized spacial score (nSPS) is 14.5. The second-order valence-corrected chi connectivity index (χ2v) is 7.22. The van der Waals surface area contributed by atoms with Gasteiger partial charge in [0.1, 0.15) is 5.75 Å². The lowest BCUT2D eigenvalue weighted by atomic mass is 10.1. The molecule has 1 aromatic carbocycles. The maximum absolute atomic E-state index is 12.6. The van der Waals surface area contributed by atoms with Crippen molar-refractivity contribution in [2.45, 2.75) is 23.1 Å². The van der Waals surface area contributed by atoms with E-state index in [9.17, 15) is 9.59 Å². The molecule has 1 aliphatic heterocycles. The molecule has 0 saturated carbocycles. The average Bonchev–Trinajstić information content (AvgIpc) is 3.00. The van der Waals surface area contributed by atoms with Crippen LogP contribution >= 0.6 is 23.5 Å². The van der Waals surface area contributed by atoms with Gasteiger partial charge in [-0.1, -0.05) is 11.8 Å². The third kappa shape index (κ3) is 3.73. The summed E-state index contributed by atoms with van der Waals surface area (Å²) in [6.07, 6.45) is 1.95. The molecule has 1 aliphatic rings. The number of nitrogens with zero attached hydrogens (tertiary/aromatic N) is 2. The molecule has 0 radical (unpaired) electrons. The SMILES string of the molecule is CSCc1nnc(SC(C)C(=O)c2ccc3c(c2)NC(=O)CO3)o1. The maximum atomic E-state index is 12.6. The highest BCUT2D eigenvalue weighted by atomic mass is 32.2. The van der Waals surface area contributed by atoms with E-state index in [1.807, 2.05) is 6.26 Å². The first-order valence-corrected chi connectivity index (χ1v) is 9.43. The van der Waals surface area contributed by atoms with Gasteiger partial charge in [-0.3, -0.25) is 9.59 Å². The summed E-state index contributed by atoms with van der Waals surface area (Å²) in [7, 11) is 0. The molecule has 7 nitrogen and oxygen atoms in total. The van der Waals surface area contributed by atoms with Crippen LogP contribution in [0.25, 0.3) is 0 Å². The number of hydrogen-bond donors (Lipinski definition) is 1. The lowest BCUT2D eigenvalue weighted by Crippen LogP contribution is -2.25. The zero-order valence-corrected chi connectivity index (χ0v) is 14.7. The van der Waals surface area contributed by atoms with Gasteiger partial charge in [-0.2, -0.15) is 11.8 Å². The van der Waals surface area contributed by atoms with E-state index >= 15 is 0 Å². The number of rotatable bonds is 6. The predicted octanol–water partition coefficient (Wildman–Crippen LogP) is 2.63. The third-order valence-electron chi connectivity index (χ3n) is 3.26. The molecule has 0 fully saturated rings. The molecule has 2 heterocycles. The van der Waals surface area contributed by atoms with Crippen molar-refractivity contribution in [3.8, 4) is 5.75 Å². The summed E-state index contributed by atoms with van der Waals surface area (Å²) >= 11 is 2.80. The highest BCUT2D eigenvalue weighted by Gasteiger charge is 2.22. The minimum absolute atomic E-state index is 0.0118. The number of ether oxygens (including phenoxy) is 1. The van der Waals surface area contributed by atoms with Gasteiger partial charge < -0.3 is 14.5 Å². The fraction of sp³-hybridized carbons (Fsp3) is 0.333. The number of hydrogen-bond acceptors (Lipinski definition) is 8. The molecule has 0 aliphatic carbocycles. The van der Waals surface area contributed by atoms with E-state index in [0.717, 1.165) is 0 Å². The summed E-state index contributed by atoms with van der Waals surface area (Å²) in [6.45, 7) is 1.77. The molecule has 1 unspecified atom stereocenters. The lowest BCUT2D eigenvalue weighted by Gasteiger charge is -2.18. The number of benzene rings is 1. The summed E-state index contributed by atoms with van der Waals surface area (Å²) < 4.78 is 10.8. The van der Waals surface area contributed by atoms with E-state index in [1.54, 1.807) is 36.9 Å². The molecule has 2 aromatic rings. The molecule has 1 N–H and O–H groups in total. The van der Waals surface area contributed by atoms with Gasteiger partial charge in [-0.15, -0.1) is 10.2 Å². The van der Waals surface area contributed by atoms with E-state index in [0.29, 0.717) is 33.9 Å². The Balaban J connectivity index is 1.71. The molecule has 24 heavy (non-hydrogen) atoms. The van der Waals surface area contributed by atoms with E-state index < -0.39 is 5.25 Å². The molecule has 3 rings (SSSR count). The number of carbonyl (C=O) groups excluding carboxylic acids is 2. The molecule has 0 spiro atoms. The number of anilines is 1. The van der Waals surface area contributed by atoms with Crippen LogP contribution in [0.5, 0.6) is 5.75 Å². The number of carbonyl (C=O) groups is 2. The Morgan fingerprint density at radius 2 is 2.25 bits per heavy atom. The number of thioether (sulfide) groups is 2. The Labute approximate surface area is 146 Å². The van der Waals surface area contributed by atoms with Gasteiger partial charge in [-0.05, 0) is 31.4 Å². The Bertz CT molecular complexity index is 778. The van der Waals surface area contributed by atoms with Gasteiger partial charge in [-0.25, -0.2) is 0 Å². The second kappa shape index (κ2) is 7.27. The van der Waals surface area contributed by atoms with Crippen LogP contribution in [0.4, 0.5) is 5.69 Å². The average molecular weight is 365 g/mol. The molecule has 1 aromatic heterocycles. The Hall–Kier alpha value is -2.00. The van der Waals surface area contributed by atoms with Crippen molar-refractivity contribution in [3.63, 3.8) is 0 Å². The zero-order valence-electron chi connectivity index (χ0n) is 13.1. The molecule has 0 bridgehead atoms. The van der Waals surface area contributed by atoms with Gasteiger partial charge in [0.15, 0.2) is 12.4 Å². The summed E-state index contributed by atoms with van der Waals surface area (Å²) in [5.41, 5.74) is 0.998. The predicted molar refractivity (Wildman–Crippen MR) is 91.7 cm³/mol. The van der Waals surface area contributed by atoms with Gasteiger partial charge >= 0.3 is 0 Å². The van der Waals surface area contributed by atoms with Crippen molar-refractivity contribution in [1.29, 1.82) is 0 Å². The van der Waals surface area contributed by atoms with Crippen LogP contribution in [0.15, 0.2) is 27.8 Å². The van der Waals surface area contributed by atoms with Crippen molar-refractivity contribution < 1.29 is 18.7 Å². The van der Waals surface area contributed by atoms with E-state index in [4.69, 9.17) is 9.15 Å². The summed E-state index contributed by atoms with van der Waals surface area (Å²) in [6, 6.07) is 4.99. The first kappa shape index (κ1) is 16.8. The van der Waals surface area contributed by atoms with Crippen molar-refractivity contribution in [2.75, 3.05) is 18.2 Å². The summed E-state index contributed by atoms with van der Waals surface area (Å²) in [4.78, 5) is 24.0. The minimum atomic E-state index is -0.397. The quantitative estimate of drug-likeness (QED) is 0.617. The monoisotopic (exact) mass is 365 g/mol. The molecule has 1 amide bonds. The number of amides is 1. The fourth-order valence-electron chi connectivity index (χ4n) is 2.14. The van der Waals surface area contributed by atoms with Crippen molar-refractivity contribution in [2.24, 2.45) is 0 Å². The highest BCUT2D eigenvalue weighted by Crippen LogP contribution is 2.31. The van der Waals surface area contributed by atoms with Gasteiger partial charge in [0.05, 0.1) is 16.7 Å². The van der Waals surface area contributed by atoms with Crippen LogP contribution in [0.3, 0.4) is 0 Å². The zero-order chi connectivity index (χ0) is 17.1. The van der Waals surface area contributed by atoms with Gasteiger partial charge in [0.2, 0.25) is 5.89 Å². The maximum Gasteiger partial charge on any atom is 0.277 e. The van der Waals surface area contributed by atoms with E-state index in [1.165, 1.54) is 11.8 Å². The number of ketones is 1. The van der Waals surface area contributed by atoms with Crippen LogP contribution in [-0.2, 0) is 10.5 Å².